The zero-order valence-electron chi connectivity index (χ0n) is 4.60. The first-order valence-corrected chi connectivity index (χ1v) is 2.26. The summed E-state index contributed by atoms with van der Waals surface area (Å²) in [6, 6.07) is -1.41. The third-order valence-corrected chi connectivity index (χ3v) is 0.531. The summed E-state index contributed by atoms with van der Waals surface area (Å²) in [6.07, 6.45) is 5.50. The van der Waals surface area contributed by atoms with Crippen molar-refractivity contribution < 1.29 is 9.18 Å². The molecule has 0 aromatic rings. The minimum Gasteiger partial charge on any atom is -0.256 e. The number of hydrogen-bond donors (Lipinski definition) is 0. The lowest BCUT2D eigenvalue weighted by Crippen LogP contribution is -1.73. The Morgan fingerprint density at radius 3 is 2.50 bits per heavy atom. The maximum atomic E-state index is 11.3. The van der Waals surface area contributed by atoms with E-state index < -0.39 is 6.04 Å². The fourth-order valence-corrected chi connectivity index (χ4v) is 0.242. The van der Waals surface area contributed by atoms with Crippen LogP contribution >= 0.6 is 0 Å². The summed E-state index contributed by atoms with van der Waals surface area (Å²) in [4.78, 5) is 9.53. The van der Waals surface area contributed by atoms with Gasteiger partial charge in [0.05, 0.1) is 0 Å². The van der Waals surface area contributed by atoms with Gasteiger partial charge in [0.25, 0.3) is 0 Å². The standard InChI is InChI=1S/C6H7FO/c1-2-3-4-5-6(7)8/h2-5H,1H3/b3-2+,5-4+. The molecule has 0 fully saturated rings. The molecule has 0 aliphatic heterocycles. The monoisotopic (exact) mass is 114 g/mol. The van der Waals surface area contributed by atoms with Crippen molar-refractivity contribution >= 4 is 6.04 Å². The van der Waals surface area contributed by atoms with Gasteiger partial charge in [-0.3, -0.25) is 4.79 Å². The lowest BCUT2D eigenvalue weighted by Gasteiger charge is -1.68. The molecule has 44 valence electrons. The number of hydrogen-bond acceptors (Lipinski definition) is 1. The zero-order chi connectivity index (χ0) is 6.41. The van der Waals surface area contributed by atoms with Crippen LogP contribution in [-0.2, 0) is 4.79 Å². The summed E-state index contributed by atoms with van der Waals surface area (Å²) in [5.74, 6) is 0. The summed E-state index contributed by atoms with van der Waals surface area (Å²) in [6.45, 7) is 1.78. The van der Waals surface area contributed by atoms with Crippen LogP contribution in [0.3, 0.4) is 0 Å². The molecule has 0 atom stereocenters. The second-order valence-electron chi connectivity index (χ2n) is 1.19. The molecule has 0 aromatic heterocycles. The van der Waals surface area contributed by atoms with Gasteiger partial charge in [-0.1, -0.05) is 18.2 Å². The molecule has 0 spiro atoms. The highest BCUT2D eigenvalue weighted by Crippen LogP contribution is 1.78. The van der Waals surface area contributed by atoms with Gasteiger partial charge in [0.1, 0.15) is 0 Å². The van der Waals surface area contributed by atoms with Crippen molar-refractivity contribution in [2.45, 2.75) is 6.92 Å². The van der Waals surface area contributed by atoms with Crippen molar-refractivity contribution in [3.05, 3.63) is 24.3 Å². The molecule has 1 nitrogen and oxygen atoms in total. The van der Waals surface area contributed by atoms with Crippen LogP contribution in [-0.4, -0.2) is 6.04 Å². The van der Waals surface area contributed by atoms with Crippen LogP contribution in [0.2, 0.25) is 0 Å². The lowest BCUT2D eigenvalue weighted by molar-refractivity contribution is -0.124. The van der Waals surface area contributed by atoms with Crippen molar-refractivity contribution in [3.63, 3.8) is 0 Å². The average molecular weight is 114 g/mol. The molecule has 0 radical (unpaired) electrons. The maximum absolute atomic E-state index is 11.3. The highest BCUT2D eigenvalue weighted by atomic mass is 19.1. The third kappa shape index (κ3) is 5.08. The zero-order valence-corrected chi connectivity index (χ0v) is 4.60. The number of carbonyl (C=O) groups is 1. The van der Waals surface area contributed by atoms with E-state index in [1.165, 1.54) is 6.08 Å². The molecule has 0 rings (SSSR count). The first-order chi connectivity index (χ1) is 3.77. The number of rotatable bonds is 2. The number of allylic oxidation sites excluding steroid dienone is 4. The average Bonchev–Trinajstić information content (AvgIpc) is 1.66. The lowest BCUT2D eigenvalue weighted by atomic mass is 10.4. The molecule has 0 aliphatic rings. The fraction of sp³-hybridized carbons (Fsp3) is 0.167. The second-order valence-corrected chi connectivity index (χ2v) is 1.19. The summed E-state index contributed by atoms with van der Waals surface area (Å²) in [5.41, 5.74) is 0. The van der Waals surface area contributed by atoms with Gasteiger partial charge in [-0.25, -0.2) is 0 Å². The Balaban J connectivity index is 3.50. The molecule has 2 heteroatoms. The largest absolute Gasteiger partial charge is 0.324 e. The van der Waals surface area contributed by atoms with Gasteiger partial charge < -0.3 is 0 Å². The summed E-state index contributed by atoms with van der Waals surface area (Å²) < 4.78 is 11.3. The minimum atomic E-state index is -1.41. The van der Waals surface area contributed by atoms with Gasteiger partial charge in [0.15, 0.2) is 0 Å². The maximum Gasteiger partial charge on any atom is 0.324 e. The van der Waals surface area contributed by atoms with Crippen molar-refractivity contribution in [3.8, 4) is 0 Å². The van der Waals surface area contributed by atoms with Gasteiger partial charge in [0, 0.05) is 6.08 Å². The van der Waals surface area contributed by atoms with E-state index in [-0.39, 0.29) is 0 Å². The molecule has 0 heterocycles. The summed E-state index contributed by atoms with van der Waals surface area (Å²) in [7, 11) is 0. The van der Waals surface area contributed by atoms with Gasteiger partial charge in [0.2, 0.25) is 0 Å². The van der Waals surface area contributed by atoms with Crippen LogP contribution < -0.4 is 0 Å². The first-order valence-electron chi connectivity index (χ1n) is 2.26. The summed E-state index contributed by atoms with van der Waals surface area (Å²) >= 11 is 0. The Labute approximate surface area is 47.5 Å². The molecule has 0 aromatic carbocycles. The molecule has 0 unspecified atom stereocenters. The second kappa shape index (κ2) is 4.24. The van der Waals surface area contributed by atoms with Crippen LogP contribution in [0.1, 0.15) is 6.92 Å². The van der Waals surface area contributed by atoms with Crippen LogP contribution in [0.5, 0.6) is 0 Å². The van der Waals surface area contributed by atoms with E-state index in [1.807, 2.05) is 0 Å². The Bertz CT molecular complexity index is 124. The summed E-state index contributed by atoms with van der Waals surface area (Å²) in [5, 5.41) is 0. The van der Waals surface area contributed by atoms with E-state index in [9.17, 15) is 9.18 Å². The van der Waals surface area contributed by atoms with Crippen molar-refractivity contribution in [2.75, 3.05) is 0 Å². The normalized spacial score (nSPS) is 11.2. The number of carbonyl (C=O) groups excluding carboxylic acids is 1. The van der Waals surface area contributed by atoms with E-state index in [1.54, 1.807) is 19.1 Å². The predicted octanol–water partition coefficient (Wildman–Crippen LogP) is 1.61. The SMILES string of the molecule is C/C=C/C=C/C(=O)F. The third-order valence-electron chi connectivity index (χ3n) is 0.531. The molecule has 0 amide bonds. The van der Waals surface area contributed by atoms with Crippen LogP contribution in [0.15, 0.2) is 24.3 Å². The molecule has 0 N–H and O–H groups in total. The smallest absolute Gasteiger partial charge is 0.256 e. The van der Waals surface area contributed by atoms with Crippen LogP contribution in [0.25, 0.3) is 0 Å². The highest BCUT2D eigenvalue weighted by molar-refractivity contribution is 5.80. The number of halogens is 1. The molecular weight excluding hydrogens is 107 g/mol. The Morgan fingerprint density at radius 2 is 2.12 bits per heavy atom. The Hall–Kier alpha value is -0.920. The van der Waals surface area contributed by atoms with E-state index in [0.717, 1.165) is 6.08 Å². The van der Waals surface area contributed by atoms with Gasteiger partial charge in [-0.2, -0.15) is 4.39 Å². The predicted molar refractivity (Wildman–Crippen MR) is 30.1 cm³/mol. The topological polar surface area (TPSA) is 17.1 Å². The van der Waals surface area contributed by atoms with Crippen LogP contribution in [0.4, 0.5) is 4.39 Å². The minimum absolute atomic E-state index is 0.861. The fourth-order valence-electron chi connectivity index (χ4n) is 0.242. The Morgan fingerprint density at radius 1 is 1.50 bits per heavy atom. The molecule has 8 heavy (non-hydrogen) atoms. The molecule has 0 saturated heterocycles. The van der Waals surface area contributed by atoms with Crippen molar-refractivity contribution in [1.82, 2.24) is 0 Å². The van der Waals surface area contributed by atoms with E-state index in [2.05, 4.69) is 0 Å². The van der Waals surface area contributed by atoms with E-state index in [4.69, 9.17) is 0 Å². The van der Waals surface area contributed by atoms with Gasteiger partial charge in [-0.05, 0) is 6.92 Å². The van der Waals surface area contributed by atoms with Crippen LogP contribution in [0, 0.1) is 0 Å². The van der Waals surface area contributed by atoms with Gasteiger partial charge in [-0.15, -0.1) is 0 Å². The Kier molecular flexibility index (Phi) is 3.76. The molecule has 0 saturated carbocycles. The van der Waals surface area contributed by atoms with E-state index in [0.29, 0.717) is 0 Å². The van der Waals surface area contributed by atoms with Crippen molar-refractivity contribution in [2.24, 2.45) is 0 Å². The van der Waals surface area contributed by atoms with Gasteiger partial charge >= 0.3 is 6.04 Å². The molecule has 0 aliphatic carbocycles. The van der Waals surface area contributed by atoms with Crippen molar-refractivity contribution in [1.29, 1.82) is 0 Å². The van der Waals surface area contributed by atoms with E-state index >= 15 is 0 Å². The quantitative estimate of drug-likeness (QED) is 0.303. The molecule has 0 bridgehead atoms. The first kappa shape index (κ1) is 7.08. The highest BCUT2D eigenvalue weighted by Gasteiger charge is 1.81. The molecular formula is C6H7FO.